The standard InChI is InChI=1S/C16H20F2N2O4S.ClH/c1-20(15(21)5-11-8-25-3-2-19-11)7-10-4-13-14(23-9-22-13)6-12(10)24-16(17)18;/h4,6,11,16,19H,2-3,5,7-9H2,1H3;1H. The summed E-state index contributed by atoms with van der Waals surface area (Å²) in [6.07, 6.45) is 0.374. The van der Waals surface area contributed by atoms with Crippen LogP contribution in [0.15, 0.2) is 12.1 Å². The molecular weight excluding hydrogens is 390 g/mol. The Kier molecular flexibility index (Phi) is 7.60. The Balaban J connectivity index is 0.00000243. The molecular formula is C16H21ClF2N2O4S. The lowest BCUT2D eigenvalue weighted by atomic mass is 10.1. The van der Waals surface area contributed by atoms with Crippen LogP contribution in [0.25, 0.3) is 0 Å². The third-order valence-corrected chi connectivity index (χ3v) is 5.16. The van der Waals surface area contributed by atoms with Gasteiger partial charge in [0.1, 0.15) is 5.75 Å². The van der Waals surface area contributed by atoms with E-state index in [0.717, 1.165) is 18.1 Å². The van der Waals surface area contributed by atoms with E-state index in [-0.39, 0.29) is 43.4 Å². The molecule has 146 valence electrons. The minimum absolute atomic E-state index is 0. The average molecular weight is 411 g/mol. The number of alkyl halides is 2. The van der Waals surface area contributed by atoms with E-state index in [2.05, 4.69) is 10.1 Å². The summed E-state index contributed by atoms with van der Waals surface area (Å²) in [6, 6.07) is 3.10. The largest absolute Gasteiger partial charge is 0.454 e. The van der Waals surface area contributed by atoms with Crippen LogP contribution < -0.4 is 19.5 Å². The molecule has 2 aliphatic rings. The van der Waals surface area contributed by atoms with Crippen molar-refractivity contribution in [2.24, 2.45) is 0 Å². The van der Waals surface area contributed by atoms with Gasteiger partial charge in [0.15, 0.2) is 11.5 Å². The summed E-state index contributed by atoms with van der Waals surface area (Å²) in [7, 11) is 1.65. The molecule has 1 atom stereocenters. The molecule has 1 amide bonds. The molecule has 0 radical (unpaired) electrons. The summed E-state index contributed by atoms with van der Waals surface area (Å²) >= 11 is 1.82. The highest BCUT2D eigenvalue weighted by Gasteiger charge is 2.23. The highest BCUT2D eigenvalue weighted by atomic mass is 35.5. The number of carbonyl (C=O) groups is 1. The molecule has 1 N–H and O–H groups in total. The number of hydrogen-bond donors (Lipinski definition) is 1. The van der Waals surface area contributed by atoms with E-state index in [0.29, 0.717) is 23.5 Å². The van der Waals surface area contributed by atoms with Gasteiger partial charge in [-0.1, -0.05) is 0 Å². The predicted molar refractivity (Wildman–Crippen MR) is 96.7 cm³/mol. The lowest BCUT2D eigenvalue weighted by Crippen LogP contribution is -2.41. The highest BCUT2D eigenvalue weighted by Crippen LogP contribution is 2.39. The number of amides is 1. The molecule has 6 nitrogen and oxygen atoms in total. The summed E-state index contributed by atoms with van der Waals surface area (Å²) < 4.78 is 40.4. The van der Waals surface area contributed by atoms with Gasteiger partial charge in [0.05, 0.1) is 0 Å². The van der Waals surface area contributed by atoms with Gasteiger partial charge in [0.2, 0.25) is 12.7 Å². The van der Waals surface area contributed by atoms with Crippen LogP contribution in [0.4, 0.5) is 8.78 Å². The van der Waals surface area contributed by atoms with E-state index in [1.165, 1.54) is 11.0 Å². The predicted octanol–water partition coefficient (Wildman–Crippen LogP) is 2.49. The van der Waals surface area contributed by atoms with Gasteiger partial charge in [0, 0.05) is 55.7 Å². The van der Waals surface area contributed by atoms with Crippen molar-refractivity contribution >= 4 is 30.1 Å². The van der Waals surface area contributed by atoms with Crippen LogP contribution in [-0.4, -0.2) is 55.4 Å². The van der Waals surface area contributed by atoms with Gasteiger partial charge in [-0.25, -0.2) is 0 Å². The number of hydrogen-bond acceptors (Lipinski definition) is 6. The molecule has 0 saturated carbocycles. The number of nitrogens with one attached hydrogen (secondary N) is 1. The molecule has 0 aromatic heterocycles. The van der Waals surface area contributed by atoms with E-state index < -0.39 is 6.61 Å². The maximum atomic E-state index is 12.7. The maximum absolute atomic E-state index is 12.7. The van der Waals surface area contributed by atoms with Crippen LogP contribution in [0.3, 0.4) is 0 Å². The summed E-state index contributed by atoms with van der Waals surface area (Å²) in [5, 5.41) is 3.31. The molecule has 0 bridgehead atoms. The van der Waals surface area contributed by atoms with Crippen LogP contribution in [0.1, 0.15) is 12.0 Å². The Morgan fingerprint density at radius 1 is 1.42 bits per heavy atom. The highest BCUT2D eigenvalue weighted by molar-refractivity contribution is 7.99. The van der Waals surface area contributed by atoms with Gasteiger partial charge >= 0.3 is 6.61 Å². The van der Waals surface area contributed by atoms with Gasteiger partial charge in [-0.05, 0) is 6.07 Å². The molecule has 1 unspecified atom stereocenters. The fraction of sp³-hybridized carbons (Fsp3) is 0.562. The first kappa shape index (κ1) is 20.9. The average Bonchev–Trinajstić information content (AvgIpc) is 3.02. The van der Waals surface area contributed by atoms with Gasteiger partial charge in [-0.3, -0.25) is 4.79 Å². The number of rotatable bonds is 6. The monoisotopic (exact) mass is 410 g/mol. The first-order chi connectivity index (χ1) is 12.0. The number of thioether (sulfide) groups is 1. The summed E-state index contributed by atoms with van der Waals surface area (Å²) in [5.41, 5.74) is 0.450. The van der Waals surface area contributed by atoms with Crippen molar-refractivity contribution in [3.8, 4) is 17.2 Å². The van der Waals surface area contributed by atoms with E-state index in [9.17, 15) is 13.6 Å². The van der Waals surface area contributed by atoms with Crippen LogP contribution in [0, 0.1) is 0 Å². The molecule has 10 heteroatoms. The fourth-order valence-electron chi connectivity index (χ4n) is 2.76. The number of fused-ring (bicyclic) bond motifs is 1. The Hall–Kier alpha value is -1.45. The normalized spacial score (nSPS) is 18.4. The Labute approximate surface area is 160 Å². The summed E-state index contributed by atoms with van der Waals surface area (Å²) in [6.45, 7) is -1.88. The number of nitrogens with zero attached hydrogens (tertiary/aromatic N) is 1. The minimum Gasteiger partial charge on any atom is -0.454 e. The molecule has 1 aromatic rings. The van der Waals surface area contributed by atoms with E-state index in [1.54, 1.807) is 13.1 Å². The van der Waals surface area contributed by atoms with Crippen LogP contribution in [0.5, 0.6) is 17.2 Å². The maximum Gasteiger partial charge on any atom is 0.387 e. The van der Waals surface area contributed by atoms with Gasteiger partial charge in [-0.2, -0.15) is 20.5 Å². The molecule has 1 saturated heterocycles. The summed E-state index contributed by atoms with van der Waals surface area (Å²) in [5.74, 6) is 2.70. The van der Waals surface area contributed by atoms with Crippen molar-refractivity contribution in [1.29, 1.82) is 0 Å². The third kappa shape index (κ3) is 5.28. The molecule has 0 spiro atoms. The number of halogens is 3. The van der Waals surface area contributed by atoms with Crippen LogP contribution in [0.2, 0.25) is 0 Å². The van der Waals surface area contributed by atoms with Gasteiger partial charge < -0.3 is 24.4 Å². The quantitative estimate of drug-likeness (QED) is 0.777. The van der Waals surface area contributed by atoms with Crippen molar-refractivity contribution in [3.05, 3.63) is 17.7 Å². The van der Waals surface area contributed by atoms with Crippen molar-refractivity contribution in [2.45, 2.75) is 25.6 Å². The van der Waals surface area contributed by atoms with E-state index in [4.69, 9.17) is 9.47 Å². The first-order valence-electron chi connectivity index (χ1n) is 7.95. The number of carbonyl (C=O) groups excluding carboxylic acids is 1. The zero-order chi connectivity index (χ0) is 17.8. The van der Waals surface area contributed by atoms with Crippen molar-refractivity contribution in [3.63, 3.8) is 0 Å². The molecule has 2 heterocycles. The fourth-order valence-corrected chi connectivity index (χ4v) is 3.70. The van der Waals surface area contributed by atoms with Crippen LogP contribution >= 0.6 is 24.2 Å². The molecule has 1 aromatic carbocycles. The second-order valence-corrected chi connectivity index (χ2v) is 7.02. The number of ether oxygens (including phenoxy) is 3. The minimum atomic E-state index is -2.96. The number of benzene rings is 1. The molecule has 1 fully saturated rings. The smallest absolute Gasteiger partial charge is 0.387 e. The zero-order valence-corrected chi connectivity index (χ0v) is 15.8. The van der Waals surface area contributed by atoms with Crippen LogP contribution in [-0.2, 0) is 11.3 Å². The van der Waals surface area contributed by atoms with Crippen molar-refractivity contribution in [1.82, 2.24) is 10.2 Å². The van der Waals surface area contributed by atoms with Gasteiger partial charge in [-0.15, -0.1) is 12.4 Å². The third-order valence-electron chi connectivity index (χ3n) is 4.02. The molecule has 3 rings (SSSR count). The summed E-state index contributed by atoms with van der Waals surface area (Å²) in [4.78, 5) is 13.9. The SMILES string of the molecule is CN(Cc1cc2c(cc1OC(F)F)OCO2)C(=O)CC1CSCCN1.Cl. The first-order valence-corrected chi connectivity index (χ1v) is 9.11. The topological polar surface area (TPSA) is 60.0 Å². The second-order valence-electron chi connectivity index (χ2n) is 5.87. The van der Waals surface area contributed by atoms with E-state index in [1.807, 2.05) is 11.8 Å². The Bertz CT molecular complexity index is 633. The lowest BCUT2D eigenvalue weighted by Gasteiger charge is -2.25. The lowest BCUT2D eigenvalue weighted by molar-refractivity contribution is -0.130. The Morgan fingerprint density at radius 3 is 2.81 bits per heavy atom. The molecule has 26 heavy (non-hydrogen) atoms. The second kappa shape index (κ2) is 9.48. The zero-order valence-electron chi connectivity index (χ0n) is 14.2. The van der Waals surface area contributed by atoms with E-state index >= 15 is 0 Å². The Morgan fingerprint density at radius 2 is 2.15 bits per heavy atom. The molecule has 0 aliphatic carbocycles. The van der Waals surface area contributed by atoms with Crippen molar-refractivity contribution < 1.29 is 27.8 Å². The van der Waals surface area contributed by atoms with Crippen molar-refractivity contribution in [2.75, 3.05) is 31.9 Å². The molecule has 2 aliphatic heterocycles. The van der Waals surface area contributed by atoms with Gasteiger partial charge in [0.25, 0.3) is 0 Å².